The van der Waals surface area contributed by atoms with Crippen LogP contribution in [0.2, 0.25) is 0 Å². The Morgan fingerprint density at radius 3 is 2.62 bits per heavy atom. The van der Waals surface area contributed by atoms with Crippen LogP contribution >= 0.6 is 0 Å². The van der Waals surface area contributed by atoms with Gasteiger partial charge >= 0.3 is 5.97 Å². The van der Waals surface area contributed by atoms with Gasteiger partial charge in [0.05, 0.1) is 11.7 Å². The van der Waals surface area contributed by atoms with E-state index >= 15 is 0 Å². The molecule has 0 radical (unpaired) electrons. The van der Waals surface area contributed by atoms with Gasteiger partial charge < -0.3 is 24.4 Å². The van der Waals surface area contributed by atoms with Crippen molar-refractivity contribution in [3.8, 4) is 0 Å². The Morgan fingerprint density at radius 2 is 1.97 bits per heavy atom. The van der Waals surface area contributed by atoms with E-state index in [1.54, 1.807) is 26.8 Å². The quantitative estimate of drug-likeness (QED) is 0.369. The fourth-order valence-electron chi connectivity index (χ4n) is 5.80. The molecule has 0 unspecified atom stereocenters. The Kier molecular flexibility index (Phi) is 7.60. The van der Waals surface area contributed by atoms with Crippen molar-refractivity contribution < 1.29 is 29.2 Å². The van der Waals surface area contributed by atoms with E-state index in [2.05, 4.69) is 13.5 Å². The fraction of sp³-hybridized carbons (Fsp3) is 0.808. The predicted octanol–water partition coefficient (Wildman–Crippen LogP) is 4.29. The summed E-state index contributed by atoms with van der Waals surface area (Å²) >= 11 is 0. The van der Waals surface area contributed by atoms with Gasteiger partial charge in [-0.25, -0.2) is 4.79 Å². The van der Waals surface area contributed by atoms with Crippen LogP contribution in [-0.2, 0) is 19.0 Å². The highest BCUT2D eigenvalue weighted by Gasteiger charge is 2.51. The molecule has 0 aromatic heterocycles. The monoisotopic (exact) mass is 450 g/mol. The lowest BCUT2D eigenvalue weighted by atomic mass is 9.55. The molecule has 3 aliphatic rings. The number of aliphatic hydroxyl groups excluding tert-OH is 2. The standard InChI is InChI=1S/C26H42O6/c1-8-15(2)23(29)31-22-21(28)20(27)17(4)30-24(22)32-25(5,6)18-11-13-26(7)12-9-10-16(3)19(26)14-18/h8,17-22,24,27-28H,3,9-14H2,1-2,4-7H3/b15-8+/t17-,18+,19-,20+,21-,22-,24+,26-/m0/s1. The molecule has 0 spiro atoms. The molecular formula is C26H42O6. The highest BCUT2D eigenvalue weighted by molar-refractivity contribution is 5.87. The van der Waals surface area contributed by atoms with Crippen molar-refractivity contribution in [1.29, 1.82) is 0 Å². The third-order valence-corrected chi connectivity index (χ3v) is 8.35. The molecule has 2 saturated carbocycles. The van der Waals surface area contributed by atoms with E-state index < -0.39 is 42.3 Å². The molecule has 6 heteroatoms. The Balaban J connectivity index is 1.77. The molecule has 1 aliphatic heterocycles. The second-order valence-electron chi connectivity index (χ2n) is 10.9. The molecular weight excluding hydrogens is 408 g/mol. The van der Waals surface area contributed by atoms with Gasteiger partial charge in [0.25, 0.3) is 0 Å². The van der Waals surface area contributed by atoms with Gasteiger partial charge in [-0.1, -0.05) is 25.2 Å². The number of hydrogen-bond acceptors (Lipinski definition) is 6. The summed E-state index contributed by atoms with van der Waals surface area (Å²) in [6.45, 7) is 16.0. The first-order chi connectivity index (χ1) is 14.9. The van der Waals surface area contributed by atoms with E-state index in [0.29, 0.717) is 16.9 Å². The number of esters is 1. The number of aliphatic hydroxyl groups is 2. The van der Waals surface area contributed by atoms with Gasteiger partial charge in [-0.05, 0) is 90.4 Å². The zero-order valence-corrected chi connectivity index (χ0v) is 20.6. The number of carbonyl (C=O) groups excluding carboxylic acids is 1. The van der Waals surface area contributed by atoms with Crippen molar-refractivity contribution in [1.82, 2.24) is 0 Å². The maximum absolute atomic E-state index is 12.4. The smallest absolute Gasteiger partial charge is 0.333 e. The van der Waals surface area contributed by atoms with Crippen LogP contribution in [0.1, 0.15) is 80.1 Å². The van der Waals surface area contributed by atoms with Crippen LogP contribution in [0.3, 0.4) is 0 Å². The van der Waals surface area contributed by atoms with Gasteiger partial charge in [0.1, 0.15) is 12.2 Å². The van der Waals surface area contributed by atoms with Gasteiger partial charge in [-0.3, -0.25) is 0 Å². The van der Waals surface area contributed by atoms with Gasteiger partial charge in [-0.2, -0.15) is 0 Å². The largest absolute Gasteiger partial charge is 0.451 e. The first kappa shape index (κ1) is 25.4. The Morgan fingerprint density at radius 1 is 1.28 bits per heavy atom. The number of hydrogen-bond donors (Lipinski definition) is 2. The van der Waals surface area contributed by atoms with Crippen LogP contribution in [0.15, 0.2) is 23.8 Å². The minimum atomic E-state index is -1.29. The molecule has 32 heavy (non-hydrogen) atoms. The van der Waals surface area contributed by atoms with Crippen molar-refractivity contribution >= 4 is 5.97 Å². The third kappa shape index (κ3) is 4.98. The molecule has 0 bridgehead atoms. The van der Waals surface area contributed by atoms with E-state index in [-0.39, 0.29) is 5.92 Å². The summed E-state index contributed by atoms with van der Waals surface area (Å²) in [6, 6.07) is 0. The highest BCUT2D eigenvalue weighted by atomic mass is 16.7. The third-order valence-electron chi connectivity index (χ3n) is 8.35. The van der Waals surface area contributed by atoms with Crippen LogP contribution in [0, 0.1) is 17.3 Å². The summed E-state index contributed by atoms with van der Waals surface area (Å²) in [4.78, 5) is 12.4. The Hall–Kier alpha value is -1.21. The van der Waals surface area contributed by atoms with Crippen molar-refractivity contribution in [3.05, 3.63) is 23.8 Å². The van der Waals surface area contributed by atoms with E-state index in [9.17, 15) is 15.0 Å². The maximum Gasteiger partial charge on any atom is 0.333 e. The van der Waals surface area contributed by atoms with Crippen LogP contribution in [0.25, 0.3) is 0 Å². The lowest BCUT2D eigenvalue weighted by Gasteiger charge is -2.52. The van der Waals surface area contributed by atoms with Crippen LogP contribution in [0.5, 0.6) is 0 Å². The molecule has 3 rings (SSSR count). The Labute approximate surface area is 193 Å². The van der Waals surface area contributed by atoms with Crippen molar-refractivity contribution in [2.45, 2.75) is 116 Å². The summed E-state index contributed by atoms with van der Waals surface area (Å²) in [7, 11) is 0. The first-order valence-electron chi connectivity index (χ1n) is 12.1. The molecule has 3 fully saturated rings. The van der Waals surface area contributed by atoms with Crippen LogP contribution in [-0.4, -0.2) is 52.5 Å². The molecule has 2 N–H and O–H groups in total. The van der Waals surface area contributed by atoms with Crippen molar-refractivity contribution in [2.24, 2.45) is 17.3 Å². The second-order valence-corrected chi connectivity index (χ2v) is 10.9. The molecule has 2 aliphatic carbocycles. The maximum atomic E-state index is 12.4. The number of rotatable bonds is 5. The SMILES string of the molecule is C=C1CCC[C@@]2(C)CC[C@@H](C(C)(C)O[C@H]3O[C@@H](C)[C@@H](O)[C@H](O)[C@@H]3OC(=O)/C(C)=C/C)C[C@@H]12. The summed E-state index contributed by atoms with van der Waals surface area (Å²) in [5.41, 5.74) is 1.53. The molecule has 0 amide bonds. The molecule has 1 saturated heterocycles. The van der Waals surface area contributed by atoms with Crippen molar-refractivity contribution in [2.75, 3.05) is 0 Å². The van der Waals surface area contributed by atoms with Gasteiger partial charge in [0, 0.05) is 5.57 Å². The summed E-state index contributed by atoms with van der Waals surface area (Å²) < 4.78 is 17.9. The number of fused-ring (bicyclic) bond motifs is 1. The summed E-state index contributed by atoms with van der Waals surface area (Å²) in [6.07, 6.45) is 3.24. The van der Waals surface area contributed by atoms with Crippen molar-refractivity contribution in [3.63, 3.8) is 0 Å². The number of allylic oxidation sites excluding steroid dienone is 2. The molecule has 0 aromatic carbocycles. The first-order valence-corrected chi connectivity index (χ1v) is 12.1. The molecule has 182 valence electrons. The number of ether oxygens (including phenoxy) is 3. The fourth-order valence-corrected chi connectivity index (χ4v) is 5.80. The zero-order valence-electron chi connectivity index (χ0n) is 20.6. The summed E-state index contributed by atoms with van der Waals surface area (Å²) in [5, 5.41) is 21.0. The van der Waals surface area contributed by atoms with E-state index in [4.69, 9.17) is 14.2 Å². The Bertz CT molecular complexity index is 743. The summed E-state index contributed by atoms with van der Waals surface area (Å²) in [5.74, 6) is 0.217. The average Bonchev–Trinajstić information content (AvgIpc) is 2.73. The normalized spacial score (nSPS) is 41.2. The van der Waals surface area contributed by atoms with Crippen LogP contribution < -0.4 is 0 Å². The molecule has 8 atom stereocenters. The average molecular weight is 451 g/mol. The van der Waals surface area contributed by atoms with E-state index in [1.165, 1.54) is 18.4 Å². The topological polar surface area (TPSA) is 85.2 Å². The molecule has 0 aromatic rings. The van der Waals surface area contributed by atoms with E-state index in [0.717, 1.165) is 25.7 Å². The van der Waals surface area contributed by atoms with Gasteiger partial charge in [0.15, 0.2) is 12.4 Å². The lowest BCUT2D eigenvalue weighted by molar-refractivity contribution is -0.325. The predicted molar refractivity (Wildman–Crippen MR) is 123 cm³/mol. The van der Waals surface area contributed by atoms with E-state index in [1.807, 2.05) is 13.8 Å². The second kappa shape index (κ2) is 9.57. The number of carbonyl (C=O) groups is 1. The molecule has 6 nitrogen and oxygen atoms in total. The van der Waals surface area contributed by atoms with Gasteiger partial charge in [0.2, 0.25) is 0 Å². The zero-order chi connectivity index (χ0) is 23.8. The highest BCUT2D eigenvalue weighted by Crippen LogP contribution is 2.55. The minimum absolute atomic E-state index is 0.284. The molecule has 1 heterocycles. The van der Waals surface area contributed by atoms with Gasteiger partial charge in [-0.15, -0.1) is 0 Å². The minimum Gasteiger partial charge on any atom is -0.451 e. The lowest BCUT2D eigenvalue weighted by Crippen LogP contribution is -2.61. The van der Waals surface area contributed by atoms with Crippen LogP contribution in [0.4, 0.5) is 0 Å².